The summed E-state index contributed by atoms with van der Waals surface area (Å²) < 4.78 is 42.5. The highest BCUT2D eigenvalue weighted by molar-refractivity contribution is 6.24. The first-order chi connectivity index (χ1) is 13.6. The summed E-state index contributed by atoms with van der Waals surface area (Å²) in [5.41, 5.74) is -1.75. The number of carbonyl (C=O) groups is 3. The molecule has 150 valence electrons. The Bertz CT molecular complexity index is 1020. The molecule has 0 aliphatic carbocycles. The second-order valence-corrected chi connectivity index (χ2v) is 6.01. The zero-order valence-corrected chi connectivity index (χ0v) is 14.4. The van der Waals surface area contributed by atoms with Gasteiger partial charge in [-0.25, -0.2) is 0 Å². The Hall–Kier alpha value is -3.76. The van der Waals surface area contributed by atoms with Crippen molar-refractivity contribution in [2.24, 2.45) is 0 Å². The molecular weight excluding hydrogens is 397 g/mol. The zero-order chi connectivity index (χ0) is 21.3. The van der Waals surface area contributed by atoms with Gasteiger partial charge in [-0.1, -0.05) is 18.2 Å². The highest BCUT2D eigenvalue weighted by Crippen LogP contribution is 2.31. The summed E-state index contributed by atoms with van der Waals surface area (Å²) in [7, 11) is 0. The van der Waals surface area contributed by atoms with Gasteiger partial charge in [0, 0.05) is 6.07 Å². The summed E-state index contributed by atoms with van der Waals surface area (Å²) in [5, 5.41) is 11.0. The van der Waals surface area contributed by atoms with Gasteiger partial charge < -0.3 is 4.74 Å². The van der Waals surface area contributed by atoms with Crippen molar-refractivity contribution in [2.45, 2.75) is 12.8 Å². The smallest absolute Gasteiger partial charge is 0.416 e. The van der Waals surface area contributed by atoms with Crippen molar-refractivity contribution in [1.29, 1.82) is 0 Å². The first kappa shape index (κ1) is 20.0. The fourth-order valence-corrected chi connectivity index (χ4v) is 2.74. The SMILES string of the molecule is O=C(CN1C(=O)c2cccc([N+](=O)[O-])c2C1=O)OCc1ccc(C(F)(F)F)cc1. The predicted octanol–water partition coefficient (Wildman–Crippen LogP) is 2.95. The molecule has 3 rings (SSSR count). The molecular formula is C18H11F3N2O6. The molecule has 0 aromatic heterocycles. The first-order valence-electron chi connectivity index (χ1n) is 8.05. The third kappa shape index (κ3) is 3.93. The summed E-state index contributed by atoms with van der Waals surface area (Å²) >= 11 is 0. The molecule has 0 unspecified atom stereocenters. The second-order valence-electron chi connectivity index (χ2n) is 6.01. The van der Waals surface area contributed by atoms with Crippen molar-refractivity contribution in [3.05, 3.63) is 74.8 Å². The van der Waals surface area contributed by atoms with Crippen molar-refractivity contribution in [3.8, 4) is 0 Å². The lowest BCUT2D eigenvalue weighted by molar-refractivity contribution is -0.385. The van der Waals surface area contributed by atoms with Gasteiger partial charge in [0.25, 0.3) is 17.5 Å². The number of ether oxygens (including phenoxy) is 1. The maximum atomic E-state index is 12.5. The number of rotatable bonds is 5. The summed E-state index contributed by atoms with van der Waals surface area (Å²) in [6.45, 7) is -1.16. The minimum absolute atomic E-state index is 0.195. The molecule has 11 heteroatoms. The van der Waals surface area contributed by atoms with Gasteiger partial charge >= 0.3 is 12.1 Å². The molecule has 0 N–H and O–H groups in total. The molecule has 2 aromatic rings. The lowest BCUT2D eigenvalue weighted by Crippen LogP contribution is -2.35. The van der Waals surface area contributed by atoms with Crippen LogP contribution in [0.25, 0.3) is 0 Å². The number of nitro groups is 1. The first-order valence-corrected chi connectivity index (χ1v) is 8.05. The third-order valence-corrected chi connectivity index (χ3v) is 4.14. The van der Waals surface area contributed by atoms with Crippen LogP contribution in [0.2, 0.25) is 0 Å². The van der Waals surface area contributed by atoms with E-state index in [2.05, 4.69) is 0 Å². The van der Waals surface area contributed by atoms with E-state index in [9.17, 15) is 37.7 Å². The molecule has 2 amide bonds. The van der Waals surface area contributed by atoms with Crippen LogP contribution < -0.4 is 0 Å². The Labute approximate surface area is 160 Å². The van der Waals surface area contributed by atoms with E-state index in [0.29, 0.717) is 4.90 Å². The van der Waals surface area contributed by atoms with Gasteiger partial charge in [0.15, 0.2) is 0 Å². The number of fused-ring (bicyclic) bond motifs is 1. The number of nitro benzene ring substituents is 1. The molecule has 2 aromatic carbocycles. The maximum Gasteiger partial charge on any atom is 0.416 e. The molecule has 1 aliphatic rings. The average molecular weight is 408 g/mol. The number of amides is 2. The van der Waals surface area contributed by atoms with Crippen LogP contribution in [0.4, 0.5) is 18.9 Å². The van der Waals surface area contributed by atoms with Gasteiger partial charge in [0.2, 0.25) is 0 Å². The molecule has 0 spiro atoms. The van der Waals surface area contributed by atoms with Gasteiger partial charge in [-0.05, 0) is 23.8 Å². The molecule has 1 heterocycles. The lowest BCUT2D eigenvalue weighted by atomic mass is 10.1. The molecule has 0 saturated heterocycles. The summed E-state index contributed by atoms with van der Waals surface area (Å²) in [6.07, 6.45) is -4.50. The molecule has 0 bridgehead atoms. The van der Waals surface area contributed by atoms with E-state index in [1.54, 1.807) is 0 Å². The Morgan fingerprint density at radius 1 is 1.07 bits per heavy atom. The quantitative estimate of drug-likeness (QED) is 0.326. The van der Waals surface area contributed by atoms with E-state index in [0.717, 1.165) is 30.3 Å². The number of nitrogens with zero attached hydrogens (tertiary/aromatic N) is 2. The van der Waals surface area contributed by atoms with Crippen LogP contribution in [-0.4, -0.2) is 34.2 Å². The third-order valence-electron chi connectivity index (χ3n) is 4.14. The van der Waals surface area contributed by atoms with E-state index >= 15 is 0 Å². The van der Waals surface area contributed by atoms with Gasteiger partial charge in [-0.3, -0.25) is 29.4 Å². The number of hydrogen-bond donors (Lipinski definition) is 0. The van der Waals surface area contributed by atoms with E-state index < -0.39 is 52.2 Å². The minimum atomic E-state index is -4.50. The van der Waals surface area contributed by atoms with Gasteiger partial charge in [-0.15, -0.1) is 0 Å². The summed E-state index contributed by atoms with van der Waals surface area (Å²) in [5.74, 6) is -2.87. The highest BCUT2D eigenvalue weighted by Gasteiger charge is 2.41. The predicted molar refractivity (Wildman–Crippen MR) is 89.7 cm³/mol. The van der Waals surface area contributed by atoms with E-state index in [4.69, 9.17) is 4.74 Å². The average Bonchev–Trinajstić information content (AvgIpc) is 2.91. The summed E-state index contributed by atoms with van der Waals surface area (Å²) in [4.78, 5) is 47.4. The zero-order valence-electron chi connectivity index (χ0n) is 14.4. The normalized spacial score (nSPS) is 13.4. The van der Waals surface area contributed by atoms with Crippen LogP contribution in [0.15, 0.2) is 42.5 Å². The molecule has 1 aliphatic heterocycles. The fraction of sp³-hybridized carbons (Fsp3) is 0.167. The van der Waals surface area contributed by atoms with Crippen molar-refractivity contribution in [2.75, 3.05) is 6.54 Å². The Balaban J connectivity index is 1.66. The molecule has 0 fully saturated rings. The number of esters is 1. The van der Waals surface area contributed by atoms with Crippen LogP contribution in [0, 0.1) is 10.1 Å². The van der Waals surface area contributed by atoms with Crippen molar-refractivity contribution < 1.29 is 37.2 Å². The number of carbonyl (C=O) groups excluding carboxylic acids is 3. The second kappa shape index (κ2) is 7.34. The monoisotopic (exact) mass is 408 g/mol. The maximum absolute atomic E-state index is 12.5. The molecule has 29 heavy (non-hydrogen) atoms. The van der Waals surface area contributed by atoms with Crippen LogP contribution in [0.1, 0.15) is 31.8 Å². The summed E-state index contributed by atoms with van der Waals surface area (Å²) in [6, 6.07) is 7.45. The lowest BCUT2D eigenvalue weighted by Gasteiger charge is -2.13. The Morgan fingerprint density at radius 3 is 2.31 bits per heavy atom. The van der Waals surface area contributed by atoms with E-state index in [1.165, 1.54) is 12.1 Å². The standard InChI is InChI=1S/C18H11F3N2O6/c19-18(20,21)11-6-4-10(5-7-11)9-29-14(24)8-22-16(25)12-2-1-3-13(23(27)28)15(12)17(22)26/h1-7H,8-9H2. The van der Waals surface area contributed by atoms with Crippen molar-refractivity contribution in [1.82, 2.24) is 4.90 Å². The fourth-order valence-electron chi connectivity index (χ4n) is 2.74. The van der Waals surface area contributed by atoms with Crippen LogP contribution in [0.5, 0.6) is 0 Å². The highest BCUT2D eigenvalue weighted by atomic mass is 19.4. The van der Waals surface area contributed by atoms with Crippen molar-refractivity contribution >= 4 is 23.5 Å². The van der Waals surface area contributed by atoms with Crippen molar-refractivity contribution in [3.63, 3.8) is 0 Å². The topological polar surface area (TPSA) is 107 Å². The molecule has 0 radical (unpaired) electrons. The van der Waals surface area contributed by atoms with E-state index in [-0.39, 0.29) is 17.7 Å². The Morgan fingerprint density at radius 2 is 1.72 bits per heavy atom. The number of benzene rings is 2. The van der Waals surface area contributed by atoms with Crippen LogP contribution in [0.3, 0.4) is 0 Å². The molecule has 0 saturated carbocycles. The van der Waals surface area contributed by atoms with Gasteiger partial charge in [-0.2, -0.15) is 13.2 Å². The van der Waals surface area contributed by atoms with Gasteiger partial charge in [0.1, 0.15) is 18.7 Å². The number of imide groups is 1. The molecule has 8 nitrogen and oxygen atoms in total. The van der Waals surface area contributed by atoms with E-state index in [1.807, 2.05) is 0 Å². The minimum Gasteiger partial charge on any atom is -0.459 e. The number of halogens is 3. The van der Waals surface area contributed by atoms with Crippen LogP contribution >= 0.6 is 0 Å². The Kier molecular flexibility index (Phi) is 5.06. The van der Waals surface area contributed by atoms with Gasteiger partial charge in [0.05, 0.1) is 16.1 Å². The molecule has 0 atom stereocenters. The number of alkyl halides is 3. The largest absolute Gasteiger partial charge is 0.459 e. The van der Waals surface area contributed by atoms with Crippen LogP contribution in [-0.2, 0) is 22.3 Å². The number of hydrogen-bond acceptors (Lipinski definition) is 6.